The summed E-state index contributed by atoms with van der Waals surface area (Å²) in [4.78, 5) is 11.8. The molecule has 0 spiro atoms. The minimum atomic E-state index is -0.303. The molecule has 5 heteroatoms. The number of nitrogens with zero attached hydrogens (tertiary/aromatic N) is 2. The number of hydrogen-bond acceptors (Lipinski definition) is 2. The first-order valence-electron chi connectivity index (χ1n) is 6.10. The molecular weight excluding hydrogens is 245 g/mol. The topological polar surface area (TPSA) is 46.9 Å². The molecule has 2 aromatic rings. The molecule has 2 rings (SSSR count). The number of carbonyl (C=O) groups is 1. The summed E-state index contributed by atoms with van der Waals surface area (Å²) in [6.07, 6.45) is 2.17. The van der Waals surface area contributed by atoms with Gasteiger partial charge in [-0.2, -0.15) is 5.10 Å². The Balaban J connectivity index is 1.90. The van der Waals surface area contributed by atoms with Crippen LogP contribution in [0.25, 0.3) is 0 Å². The molecule has 1 N–H and O–H groups in total. The molecule has 0 aliphatic rings. The van der Waals surface area contributed by atoms with Gasteiger partial charge in [0.2, 0.25) is 5.91 Å². The van der Waals surface area contributed by atoms with Gasteiger partial charge >= 0.3 is 0 Å². The Bertz CT molecular complexity index is 592. The van der Waals surface area contributed by atoms with E-state index < -0.39 is 0 Å². The quantitative estimate of drug-likeness (QED) is 0.919. The number of rotatable bonds is 4. The number of benzene rings is 1. The van der Waals surface area contributed by atoms with Crippen LogP contribution in [0.1, 0.15) is 17.7 Å². The molecule has 0 unspecified atom stereocenters. The van der Waals surface area contributed by atoms with Gasteiger partial charge in [-0.1, -0.05) is 0 Å². The normalized spacial score (nSPS) is 10.5. The van der Waals surface area contributed by atoms with Gasteiger partial charge in [0, 0.05) is 24.8 Å². The summed E-state index contributed by atoms with van der Waals surface area (Å²) in [7, 11) is 0. The number of anilines is 1. The van der Waals surface area contributed by atoms with Gasteiger partial charge in [-0.15, -0.1) is 0 Å². The zero-order valence-corrected chi connectivity index (χ0v) is 11.0. The lowest BCUT2D eigenvalue weighted by atomic mass is 10.2. The molecule has 1 heterocycles. The predicted molar refractivity (Wildman–Crippen MR) is 71.3 cm³/mol. The van der Waals surface area contributed by atoms with E-state index in [4.69, 9.17) is 0 Å². The van der Waals surface area contributed by atoms with Crippen LogP contribution in [0.5, 0.6) is 0 Å². The minimum Gasteiger partial charge on any atom is -0.326 e. The van der Waals surface area contributed by atoms with Gasteiger partial charge in [0.25, 0.3) is 0 Å². The van der Waals surface area contributed by atoms with Crippen molar-refractivity contribution in [3.63, 3.8) is 0 Å². The van der Waals surface area contributed by atoms with Crippen LogP contribution >= 0.6 is 0 Å². The van der Waals surface area contributed by atoms with Gasteiger partial charge in [0.15, 0.2) is 0 Å². The summed E-state index contributed by atoms with van der Waals surface area (Å²) >= 11 is 0. The first-order chi connectivity index (χ1) is 9.04. The fraction of sp³-hybridized carbons (Fsp3) is 0.286. The van der Waals surface area contributed by atoms with E-state index in [1.807, 2.05) is 19.2 Å². The number of hydrogen-bond donors (Lipinski definition) is 1. The van der Waals surface area contributed by atoms with Crippen LogP contribution in [0.2, 0.25) is 0 Å². The van der Waals surface area contributed by atoms with E-state index >= 15 is 0 Å². The zero-order chi connectivity index (χ0) is 13.8. The van der Waals surface area contributed by atoms with Crippen molar-refractivity contribution in [2.45, 2.75) is 26.8 Å². The fourth-order valence-electron chi connectivity index (χ4n) is 1.78. The summed E-state index contributed by atoms with van der Waals surface area (Å²) in [5.74, 6) is -0.412. The molecule has 0 fully saturated rings. The predicted octanol–water partition coefficient (Wildman–Crippen LogP) is 2.67. The van der Waals surface area contributed by atoms with Crippen molar-refractivity contribution in [1.82, 2.24) is 9.78 Å². The van der Waals surface area contributed by atoms with Crippen LogP contribution in [0.15, 0.2) is 30.5 Å². The summed E-state index contributed by atoms with van der Waals surface area (Å²) in [5.41, 5.74) is 2.28. The number of aromatic nitrogens is 2. The highest BCUT2D eigenvalue weighted by molar-refractivity contribution is 5.91. The van der Waals surface area contributed by atoms with E-state index in [2.05, 4.69) is 10.4 Å². The first kappa shape index (κ1) is 13.3. The average molecular weight is 261 g/mol. The van der Waals surface area contributed by atoms with Crippen LogP contribution in [0.4, 0.5) is 10.1 Å². The highest BCUT2D eigenvalue weighted by Crippen LogP contribution is 2.15. The van der Waals surface area contributed by atoms with E-state index in [0.29, 0.717) is 24.2 Å². The van der Waals surface area contributed by atoms with Gasteiger partial charge in [0.05, 0.1) is 5.69 Å². The van der Waals surface area contributed by atoms with E-state index in [9.17, 15) is 9.18 Å². The molecule has 0 bridgehead atoms. The molecule has 100 valence electrons. The zero-order valence-electron chi connectivity index (χ0n) is 11.0. The Morgan fingerprint density at radius 1 is 1.37 bits per heavy atom. The lowest BCUT2D eigenvalue weighted by Crippen LogP contribution is -2.15. The third-order valence-corrected chi connectivity index (χ3v) is 2.80. The summed E-state index contributed by atoms with van der Waals surface area (Å²) in [5, 5.41) is 6.97. The van der Waals surface area contributed by atoms with Gasteiger partial charge in [-0.3, -0.25) is 9.48 Å². The lowest BCUT2D eigenvalue weighted by Gasteiger charge is -2.08. The lowest BCUT2D eigenvalue weighted by molar-refractivity contribution is -0.116. The van der Waals surface area contributed by atoms with Crippen LogP contribution in [0, 0.1) is 19.7 Å². The number of halogens is 1. The Morgan fingerprint density at radius 2 is 2.16 bits per heavy atom. The highest BCUT2D eigenvalue weighted by atomic mass is 19.1. The van der Waals surface area contributed by atoms with Crippen molar-refractivity contribution < 1.29 is 9.18 Å². The van der Waals surface area contributed by atoms with Crippen LogP contribution in [-0.2, 0) is 11.3 Å². The smallest absolute Gasteiger partial charge is 0.226 e. The molecule has 0 radical (unpaired) electrons. The minimum absolute atomic E-state index is 0.108. The molecule has 0 atom stereocenters. The molecule has 1 aromatic carbocycles. The van der Waals surface area contributed by atoms with E-state index in [1.54, 1.807) is 17.7 Å². The maximum Gasteiger partial charge on any atom is 0.226 e. The fourth-order valence-corrected chi connectivity index (χ4v) is 1.78. The molecule has 0 saturated heterocycles. The molecule has 1 aromatic heterocycles. The van der Waals surface area contributed by atoms with Crippen molar-refractivity contribution in [3.05, 3.63) is 47.5 Å². The van der Waals surface area contributed by atoms with E-state index in [-0.39, 0.29) is 11.7 Å². The van der Waals surface area contributed by atoms with Gasteiger partial charge in [0.1, 0.15) is 5.82 Å². The van der Waals surface area contributed by atoms with Crippen LogP contribution in [0.3, 0.4) is 0 Å². The van der Waals surface area contributed by atoms with Crippen molar-refractivity contribution in [2.75, 3.05) is 5.32 Å². The molecular formula is C14H16FN3O. The van der Waals surface area contributed by atoms with E-state index in [1.165, 1.54) is 12.1 Å². The molecule has 0 aliphatic carbocycles. The molecule has 4 nitrogen and oxygen atoms in total. The summed E-state index contributed by atoms with van der Waals surface area (Å²) < 4.78 is 14.7. The monoisotopic (exact) mass is 261 g/mol. The van der Waals surface area contributed by atoms with E-state index in [0.717, 1.165) is 5.69 Å². The Kier molecular flexibility index (Phi) is 3.94. The molecule has 19 heavy (non-hydrogen) atoms. The molecule has 1 amide bonds. The Labute approximate surface area is 111 Å². The molecule has 0 saturated carbocycles. The van der Waals surface area contributed by atoms with Gasteiger partial charge in [-0.25, -0.2) is 4.39 Å². The summed E-state index contributed by atoms with van der Waals surface area (Å²) in [6.45, 7) is 4.19. The van der Waals surface area contributed by atoms with Crippen LogP contribution in [-0.4, -0.2) is 15.7 Å². The van der Waals surface area contributed by atoms with Crippen LogP contribution < -0.4 is 5.32 Å². The second-order valence-electron chi connectivity index (χ2n) is 4.48. The molecule has 0 aliphatic heterocycles. The van der Waals surface area contributed by atoms with Crippen molar-refractivity contribution in [2.24, 2.45) is 0 Å². The third-order valence-electron chi connectivity index (χ3n) is 2.80. The third kappa shape index (κ3) is 3.64. The average Bonchev–Trinajstić information content (AvgIpc) is 2.76. The van der Waals surface area contributed by atoms with Gasteiger partial charge < -0.3 is 5.32 Å². The number of carbonyl (C=O) groups excluding carboxylic acids is 1. The largest absolute Gasteiger partial charge is 0.326 e. The van der Waals surface area contributed by atoms with Crippen molar-refractivity contribution in [1.29, 1.82) is 0 Å². The number of amides is 1. The summed E-state index contributed by atoms with van der Waals surface area (Å²) in [6, 6.07) is 6.19. The Hall–Kier alpha value is -2.17. The number of nitrogens with one attached hydrogen (secondary N) is 1. The first-order valence-corrected chi connectivity index (χ1v) is 6.10. The maximum absolute atomic E-state index is 12.9. The standard InChI is InChI=1S/C14H16FN3O/c1-10-9-12(15)3-4-13(10)16-14(19)6-8-18-7-5-11(2)17-18/h3-5,7,9H,6,8H2,1-2H3,(H,16,19). The second kappa shape index (κ2) is 5.65. The SMILES string of the molecule is Cc1ccn(CCC(=O)Nc2ccc(F)cc2C)n1. The van der Waals surface area contributed by atoms with Crippen molar-refractivity contribution >= 4 is 11.6 Å². The Morgan fingerprint density at radius 3 is 2.79 bits per heavy atom. The number of aryl methyl sites for hydroxylation is 3. The second-order valence-corrected chi connectivity index (χ2v) is 4.48. The van der Waals surface area contributed by atoms with Crippen molar-refractivity contribution in [3.8, 4) is 0 Å². The highest BCUT2D eigenvalue weighted by Gasteiger charge is 2.06. The van der Waals surface area contributed by atoms with Gasteiger partial charge in [-0.05, 0) is 43.7 Å². The maximum atomic E-state index is 12.9.